The van der Waals surface area contributed by atoms with Crippen molar-refractivity contribution in [1.82, 2.24) is 4.67 Å². The van der Waals surface area contributed by atoms with Crippen LogP contribution in [0.2, 0.25) is 0 Å². The van der Waals surface area contributed by atoms with Crippen LogP contribution in [0.3, 0.4) is 0 Å². The first kappa shape index (κ1) is 16.1. The van der Waals surface area contributed by atoms with Gasteiger partial charge in [-0.15, -0.1) is 0 Å². The van der Waals surface area contributed by atoms with Gasteiger partial charge in [-0.2, -0.15) is 0 Å². The summed E-state index contributed by atoms with van der Waals surface area (Å²) in [5, 5.41) is 0. The fourth-order valence-corrected chi connectivity index (χ4v) is 3.58. The molecule has 0 aliphatic heterocycles. The van der Waals surface area contributed by atoms with Crippen molar-refractivity contribution >= 4 is 7.75 Å². The SMILES string of the molecule is CCCN(CC)P(=O)(OC(C)C)OC(C)C. The highest BCUT2D eigenvalue weighted by atomic mass is 31.2. The zero-order valence-corrected chi connectivity index (χ0v) is 12.3. The van der Waals surface area contributed by atoms with Gasteiger partial charge >= 0.3 is 7.75 Å². The van der Waals surface area contributed by atoms with Crippen LogP contribution in [-0.4, -0.2) is 30.0 Å². The molecular formula is C11H26NO3P. The molecule has 0 spiro atoms. The Hall–Kier alpha value is 0.110. The molecule has 0 aliphatic rings. The molecule has 0 aromatic carbocycles. The molecule has 0 N–H and O–H groups in total. The van der Waals surface area contributed by atoms with Gasteiger partial charge in [0.25, 0.3) is 0 Å². The first-order chi connectivity index (χ1) is 7.35. The zero-order chi connectivity index (χ0) is 12.8. The third-order valence-electron chi connectivity index (χ3n) is 1.88. The van der Waals surface area contributed by atoms with Crippen molar-refractivity contribution in [2.75, 3.05) is 13.1 Å². The van der Waals surface area contributed by atoms with E-state index >= 15 is 0 Å². The van der Waals surface area contributed by atoms with Crippen LogP contribution >= 0.6 is 7.75 Å². The Bertz CT molecular complexity index is 217. The van der Waals surface area contributed by atoms with E-state index in [0.717, 1.165) is 13.0 Å². The van der Waals surface area contributed by atoms with Crippen molar-refractivity contribution in [3.05, 3.63) is 0 Å². The summed E-state index contributed by atoms with van der Waals surface area (Å²) in [6, 6.07) is 0. The molecule has 5 heteroatoms. The van der Waals surface area contributed by atoms with E-state index in [2.05, 4.69) is 6.92 Å². The van der Waals surface area contributed by atoms with Gasteiger partial charge in [0.2, 0.25) is 0 Å². The van der Waals surface area contributed by atoms with Crippen LogP contribution in [0.25, 0.3) is 0 Å². The molecule has 0 aliphatic carbocycles. The number of nitrogens with zero attached hydrogens (tertiary/aromatic N) is 1. The van der Waals surface area contributed by atoms with Gasteiger partial charge in [0, 0.05) is 13.1 Å². The van der Waals surface area contributed by atoms with Crippen molar-refractivity contribution in [3.63, 3.8) is 0 Å². The Morgan fingerprint density at radius 3 is 1.75 bits per heavy atom. The van der Waals surface area contributed by atoms with Gasteiger partial charge in [-0.25, -0.2) is 9.24 Å². The van der Waals surface area contributed by atoms with Crippen molar-refractivity contribution in [1.29, 1.82) is 0 Å². The maximum Gasteiger partial charge on any atom is 0.408 e. The quantitative estimate of drug-likeness (QED) is 0.617. The highest BCUT2D eigenvalue weighted by molar-refractivity contribution is 7.51. The summed E-state index contributed by atoms with van der Waals surface area (Å²) in [6.07, 6.45) is 0.728. The number of hydrogen-bond donors (Lipinski definition) is 0. The molecule has 0 saturated carbocycles. The second-order valence-corrected chi connectivity index (χ2v) is 6.25. The zero-order valence-electron chi connectivity index (χ0n) is 11.4. The molecule has 0 heterocycles. The second-order valence-electron chi connectivity index (χ2n) is 4.32. The van der Waals surface area contributed by atoms with Crippen LogP contribution in [0.4, 0.5) is 0 Å². The van der Waals surface area contributed by atoms with Crippen LogP contribution in [-0.2, 0) is 13.6 Å². The van der Waals surface area contributed by atoms with Crippen LogP contribution in [0.15, 0.2) is 0 Å². The van der Waals surface area contributed by atoms with Crippen molar-refractivity contribution in [2.24, 2.45) is 0 Å². The minimum Gasteiger partial charge on any atom is -0.294 e. The molecule has 0 saturated heterocycles. The van der Waals surface area contributed by atoms with Crippen LogP contribution in [0.5, 0.6) is 0 Å². The molecule has 0 fully saturated rings. The Labute approximate surface area is 99.9 Å². The van der Waals surface area contributed by atoms with E-state index in [9.17, 15) is 4.57 Å². The van der Waals surface area contributed by atoms with Crippen LogP contribution < -0.4 is 0 Å². The molecular weight excluding hydrogens is 225 g/mol. The van der Waals surface area contributed by atoms with Gasteiger partial charge in [0.15, 0.2) is 0 Å². The largest absolute Gasteiger partial charge is 0.408 e. The summed E-state index contributed by atoms with van der Waals surface area (Å²) in [6.45, 7) is 12.9. The smallest absolute Gasteiger partial charge is 0.294 e. The Balaban J connectivity index is 4.80. The molecule has 98 valence electrons. The minimum atomic E-state index is -3.12. The van der Waals surface area contributed by atoms with Gasteiger partial charge in [-0.1, -0.05) is 13.8 Å². The lowest BCUT2D eigenvalue weighted by Crippen LogP contribution is -2.26. The fraction of sp³-hybridized carbons (Fsp3) is 1.00. The van der Waals surface area contributed by atoms with E-state index in [-0.39, 0.29) is 12.2 Å². The molecule has 4 nitrogen and oxygen atoms in total. The first-order valence-electron chi connectivity index (χ1n) is 6.08. The highest BCUT2D eigenvalue weighted by Gasteiger charge is 2.34. The third kappa shape index (κ3) is 5.44. The molecule has 0 atom stereocenters. The molecule has 0 unspecified atom stereocenters. The van der Waals surface area contributed by atoms with Crippen molar-refractivity contribution < 1.29 is 13.6 Å². The van der Waals surface area contributed by atoms with Gasteiger partial charge in [-0.05, 0) is 34.1 Å². The standard InChI is InChI=1S/C11H26NO3P/c1-7-9-12(8-2)16(13,14-10(3)4)15-11(5)6/h10-11H,7-9H2,1-6H3. The summed E-state index contributed by atoms with van der Waals surface area (Å²) in [5.74, 6) is 0. The molecule has 0 amide bonds. The second kappa shape index (κ2) is 7.44. The molecule has 0 aromatic heterocycles. The monoisotopic (exact) mass is 251 g/mol. The van der Waals surface area contributed by atoms with Gasteiger partial charge in [0.05, 0.1) is 12.2 Å². The summed E-state index contributed by atoms with van der Waals surface area (Å²) >= 11 is 0. The predicted molar refractivity (Wildman–Crippen MR) is 67.6 cm³/mol. The van der Waals surface area contributed by atoms with E-state index < -0.39 is 7.75 Å². The lowest BCUT2D eigenvalue weighted by atomic mass is 10.5. The van der Waals surface area contributed by atoms with E-state index in [1.165, 1.54) is 0 Å². The van der Waals surface area contributed by atoms with Gasteiger partial charge in [0.1, 0.15) is 0 Å². The molecule has 0 rings (SSSR count). The molecule has 0 aromatic rings. The van der Waals surface area contributed by atoms with Gasteiger partial charge < -0.3 is 0 Å². The number of rotatable bonds is 8. The summed E-state index contributed by atoms with van der Waals surface area (Å²) in [4.78, 5) is 0. The Morgan fingerprint density at radius 2 is 1.50 bits per heavy atom. The molecule has 0 bridgehead atoms. The Kier molecular flexibility index (Phi) is 7.49. The minimum absolute atomic E-state index is 0.101. The Morgan fingerprint density at radius 1 is 1.06 bits per heavy atom. The highest BCUT2D eigenvalue weighted by Crippen LogP contribution is 2.53. The molecule has 16 heavy (non-hydrogen) atoms. The topological polar surface area (TPSA) is 38.8 Å². The summed E-state index contributed by atoms with van der Waals surface area (Å²) < 4.78 is 25.5. The van der Waals surface area contributed by atoms with E-state index in [4.69, 9.17) is 9.05 Å². The summed E-state index contributed by atoms with van der Waals surface area (Å²) in [7, 11) is -3.12. The maximum absolute atomic E-state index is 12.6. The first-order valence-corrected chi connectivity index (χ1v) is 7.57. The van der Waals surface area contributed by atoms with Crippen LogP contribution in [0.1, 0.15) is 48.0 Å². The van der Waals surface area contributed by atoms with Gasteiger partial charge in [-0.3, -0.25) is 9.05 Å². The lowest BCUT2D eigenvalue weighted by Gasteiger charge is -2.31. The normalized spacial score (nSPS) is 13.1. The lowest BCUT2D eigenvalue weighted by molar-refractivity contribution is 0.107. The van der Waals surface area contributed by atoms with Crippen LogP contribution in [0, 0.1) is 0 Å². The maximum atomic E-state index is 12.6. The van der Waals surface area contributed by atoms with Crippen molar-refractivity contribution in [2.45, 2.75) is 60.2 Å². The average molecular weight is 251 g/mol. The predicted octanol–water partition coefficient (Wildman–Crippen LogP) is 3.68. The molecule has 0 radical (unpaired) electrons. The fourth-order valence-electron chi connectivity index (χ4n) is 1.40. The summed E-state index contributed by atoms with van der Waals surface area (Å²) in [5.41, 5.74) is 0. The number of hydrogen-bond acceptors (Lipinski definition) is 3. The van der Waals surface area contributed by atoms with E-state index in [0.29, 0.717) is 6.54 Å². The third-order valence-corrected chi connectivity index (χ3v) is 4.43. The van der Waals surface area contributed by atoms with Crippen molar-refractivity contribution in [3.8, 4) is 0 Å². The van der Waals surface area contributed by atoms with E-state index in [1.807, 2.05) is 34.6 Å². The van der Waals surface area contributed by atoms with E-state index in [1.54, 1.807) is 4.67 Å². The average Bonchev–Trinajstić information content (AvgIpc) is 2.10.